The molecule has 0 radical (unpaired) electrons. The van der Waals surface area contributed by atoms with Gasteiger partial charge in [0.1, 0.15) is 0 Å². The van der Waals surface area contributed by atoms with Crippen molar-refractivity contribution in [2.75, 3.05) is 0 Å². The average molecular weight is 333 g/mol. The maximum Gasteiger partial charge on any atom is 0.230 e. The number of hydrogen-bond acceptors (Lipinski definition) is 2. The summed E-state index contributed by atoms with van der Waals surface area (Å²) in [4.78, 5) is 12.6. The summed E-state index contributed by atoms with van der Waals surface area (Å²) in [5.41, 5.74) is 0.264. The Hall–Kier alpha value is -2.27. The van der Waals surface area contributed by atoms with E-state index in [9.17, 15) is 18.7 Å². The fourth-order valence-electron chi connectivity index (χ4n) is 2.44. The molecule has 128 valence electrons. The van der Waals surface area contributed by atoms with E-state index in [4.69, 9.17) is 0 Å². The van der Waals surface area contributed by atoms with Crippen LogP contribution in [0.25, 0.3) is 0 Å². The molecule has 0 aliphatic heterocycles. The number of nitrogens with one attached hydrogen (secondary N) is 1. The monoisotopic (exact) mass is 333 g/mol. The molecule has 5 heteroatoms. The number of carbonyl (C=O) groups is 1. The molecule has 2 aromatic carbocycles. The van der Waals surface area contributed by atoms with E-state index in [-0.39, 0.29) is 11.5 Å². The van der Waals surface area contributed by atoms with E-state index in [2.05, 4.69) is 5.32 Å². The van der Waals surface area contributed by atoms with Crippen molar-refractivity contribution in [1.82, 2.24) is 5.32 Å². The number of halogens is 2. The van der Waals surface area contributed by atoms with Crippen LogP contribution in [0, 0.1) is 11.6 Å². The van der Waals surface area contributed by atoms with E-state index in [0.717, 1.165) is 17.7 Å². The first-order valence-corrected chi connectivity index (χ1v) is 7.73. The zero-order valence-electron chi connectivity index (χ0n) is 13.9. The van der Waals surface area contributed by atoms with Gasteiger partial charge in [-0.05, 0) is 44.0 Å². The highest BCUT2D eigenvalue weighted by Crippen LogP contribution is 2.25. The second kappa shape index (κ2) is 7.09. The van der Waals surface area contributed by atoms with Gasteiger partial charge in [-0.2, -0.15) is 0 Å². The van der Waals surface area contributed by atoms with Gasteiger partial charge in [0.25, 0.3) is 0 Å². The second-order valence-electron chi connectivity index (χ2n) is 6.37. The van der Waals surface area contributed by atoms with E-state index in [1.54, 1.807) is 20.8 Å². The van der Waals surface area contributed by atoms with Crippen molar-refractivity contribution < 1.29 is 18.7 Å². The van der Waals surface area contributed by atoms with Gasteiger partial charge in [0.2, 0.25) is 5.91 Å². The van der Waals surface area contributed by atoms with Gasteiger partial charge in [-0.25, -0.2) is 8.78 Å². The summed E-state index contributed by atoms with van der Waals surface area (Å²) in [5, 5.41) is 13.0. The molecule has 3 nitrogen and oxygen atoms in total. The Morgan fingerprint density at radius 3 is 2.29 bits per heavy atom. The van der Waals surface area contributed by atoms with Crippen LogP contribution >= 0.6 is 0 Å². The molecule has 2 rings (SSSR count). The minimum atomic E-state index is -1.14. The molecule has 0 heterocycles. The first-order valence-electron chi connectivity index (χ1n) is 7.73. The van der Waals surface area contributed by atoms with Crippen LogP contribution in [-0.2, 0) is 10.2 Å². The molecule has 0 saturated heterocycles. The molecule has 0 spiro atoms. The smallest absolute Gasteiger partial charge is 0.230 e. The van der Waals surface area contributed by atoms with Crippen LogP contribution in [0.2, 0.25) is 0 Å². The highest BCUT2D eigenvalue weighted by molar-refractivity contribution is 5.87. The molecule has 0 fully saturated rings. The van der Waals surface area contributed by atoms with Crippen LogP contribution in [0.3, 0.4) is 0 Å². The summed E-state index contributed by atoms with van der Waals surface area (Å²) in [6.45, 7) is 5.19. The lowest BCUT2D eigenvalue weighted by molar-refractivity contribution is -0.127. The van der Waals surface area contributed by atoms with Crippen molar-refractivity contribution in [3.63, 3.8) is 0 Å². The molecule has 2 N–H and O–H groups in total. The van der Waals surface area contributed by atoms with Crippen LogP contribution in [0.4, 0.5) is 8.78 Å². The lowest BCUT2D eigenvalue weighted by Crippen LogP contribution is -2.46. The number of rotatable bonds is 5. The van der Waals surface area contributed by atoms with Gasteiger partial charge in [0.05, 0.1) is 17.6 Å². The molecule has 2 atom stereocenters. The van der Waals surface area contributed by atoms with Crippen LogP contribution in [0.1, 0.15) is 38.0 Å². The lowest BCUT2D eigenvalue weighted by Gasteiger charge is -2.28. The van der Waals surface area contributed by atoms with Gasteiger partial charge < -0.3 is 10.4 Å². The molecular weight excluding hydrogens is 312 g/mol. The third kappa shape index (κ3) is 3.79. The first kappa shape index (κ1) is 18.1. The summed E-state index contributed by atoms with van der Waals surface area (Å²) in [7, 11) is 0. The predicted octanol–water partition coefficient (Wildman–Crippen LogP) is 3.48. The molecular formula is C19H21F2NO2. The Balaban J connectivity index is 2.11. The van der Waals surface area contributed by atoms with Crippen molar-refractivity contribution in [1.29, 1.82) is 0 Å². The second-order valence-corrected chi connectivity index (χ2v) is 6.37. The molecule has 0 aliphatic carbocycles. The van der Waals surface area contributed by atoms with Crippen LogP contribution in [0.5, 0.6) is 0 Å². The van der Waals surface area contributed by atoms with Gasteiger partial charge in [-0.1, -0.05) is 36.4 Å². The van der Waals surface area contributed by atoms with Crippen molar-refractivity contribution in [3.8, 4) is 0 Å². The predicted molar refractivity (Wildman–Crippen MR) is 88.4 cm³/mol. The van der Waals surface area contributed by atoms with E-state index >= 15 is 0 Å². The van der Waals surface area contributed by atoms with Crippen molar-refractivity contribution in [2.24, 2.45) is 0 Å². The van der Waals surface area contributed by atoms with E-state index in [1.807, 2.05) is 30.3 Å². The number of benzene rings is 2. The van der Waals surface area contributed by atoms with Gasteiger partial charge in [0, 0.05) is 0 Å². The van der Waals surface area contributed by atoms with Gasteiger partial charge in [-0.15, -0.1) is 0 Å². The Bertz CT molecular complexity index is 717. The maximum absolute atomic E-state index is 13.3. The summed E-state index contributed by atoms with van der Waals surface area (Å²) in [5.74, 6) is -2.27. The topological polar surface area (TPSA) is 49.3 Å². The number of hydrogen-bond donors (Lipinski definition) is 2. The largest absolute Gasteiger partial charge is 0.386 e. The minimum absolute atomic E-state index is 0.208. The lowest BCUT2D eigenvalue weighted by atomic mass is 9.83. The number of aliphatic hydroxyl groups excluding tert-OH is 1. The Kier molecular flexibility index (Phi) is 5.34. The maximum atomic E-state index is 13.3. The SMILES string of the molecule is CC(NC(=O)C(C)(C)c1ccccc1)C(O)c1ccc(F)c(F)c1. The number of aliphatic hydroxyl groups is 1. The molecule has 2 aromatic rings. The fourth-order valence-corrected chi connectivity index (χ4v) is 2.44. The summed E-state index contributed by atoms with van der Waals surface area (Å²) >= 11 is 0. The van der Waals surface area contributed by atoms with Crippen LogP contribution in [-0.4, -0.2) is 17.1 Å². The molecule has 0 saturated carbocycles. The zero-order valence-corrected chi connectivity index (χ0v) is 13.9. The van der Waals surface area contributed by atoms with Gasteiger partial charge in [-0.3, -0.25) is 4.79 Å². The quantitative estimate of drug-likeness (QED) is 0.880. The summed E-state index contributed by atoms with van der Waals surface area (Å²) < 4.78 is 26.3. The average Bonchev–Trinajstić information content (AvgIpc) is 2.57. The molecule has 2 unspecified atom stereocenters. The minimum Gasteiger partial charge on any atom is -0.386 e. The Labute approximate surface area is 140 Å². The first-order chi connectivity index (χ1) is 11.2. The summed E-state index contributed by atoms with van der Waals surface area (Å²) in [6.07, 6.45) is -1.14. The number of amides is 1. The third-order valence-corrected chi connectivity index (χ3v) is 4.18. The Morgan fingerprint density at radius 2 is 1.71 bits per heavy atom. The van der Waals surface area contributed by atoms with Gasteiger partial charge in [0.15, 0.2) is 11.6 Å². The Morgan fingerprint density at radius 1 is 1.08 bits per heavy atom. The standard InChI is InChI=1S/C19H21F2NO2/c1-12(17(23)13-9-10-15(20)16(21)11-13)22-18(24)19(2,3)14-7-5-4-6-8-14/h4-12,17,23H,1-3H3,(H,22,24). The molecule has 0 aromatic heterocycles. The van der Waals surface area contributed by atoms with Crippen molar-refractivity contribution in [2.45, 2.75) is 38.3 Å². The highest BCUT2D eigenvalue weighted by Gasteiger charge is 2.32. The van der Waals surface area contributed by atoms with Crippen LogP contribution < -0.4 is 5.32 Å². The van der Waals surface area contributed by atoms with Crippen molar-refractivity contribution in [3.05, 3.63) is 71.3 Å². The van der Waals surface area contributed by atoms with Crippen molar-refractivity contribution >= 4 is 5.91 Å². The van der Waals surface area contributed by atoms with Crippen LogP contribution in [0.15, 0.2) is 48.5 Å². The molecule has 1 amide bonds. The zero-order chi connectivity index (χ0) is 17.9. The summed E-state index contributed by atoms with van der Waals surface area (Å²) in [6, 6.07) is 11.8. The number of carbonyl (C=O) groups excluding carboxylic acids is 1. The highest BCUT2D eigenvalue weighted by atomic mass is 19.2. The van der Waals surface area contributed by atoms with E-state index in [0.29, 0.717) is 0 Å². The fraction of sp³-hybridized carbons (Fsp3) is 0.316. The molecule has 0 aliphatic rings. The van der Waals surface area contributed by atoms with E-state index < -0.39 is 29.2 Å². The molecule has 0 bridgehead atoms. The molecule has 24 heavy (non-hydrogen) atoms. The third-order valence-electron chi connectivity index (χ3n) is 4.18. The van der Waals surface area contributed by atoms with Gasteiger partial charge >= 0.3 is 0 Å². The van der Waals surface area contributed by atoms with E-state index in [1.165, 1.54) is 6.07 Å². The normalized spacial score (nSPS) is 14.1.